The van der Waals surface area contributed by atoms with E-state index in [2.05, 4.69) is 28.5 Å². The zero-order chi connectivity index (χ0) is 40.1. The quantitative estimate of drug-likeness (QED) is 0.178. The van der Waals surface area contributed by atoms with E-state index in [4.69, 9.17) is 15.2 Å². The number of nitrogen functional groups attached to an aromatic ring is 1. The molecule has 54 heavy (non-hydrogen) atoms. The number of likely N-dealkylation sites (tertiary alicyclic amines) is 2. The molecule has 0 saturated carbocycles. The van der Waals surface area contributed by atoms with E-state index in [-0.39, 0.29) is 60.4 Å². The van der Waals surface area contributed by atoms with Gasteiger partial charge in [0.15, 0.2) is 0 Å². The third-order valence-corrected chi connectivity index (χ3v) is 11.7. The summed E-state index contributed by atoms with van der Waals surface area (Å²) in [6, 6.07) is 7.38. The lowest BCUT2D eigenvalue weighted by Crippen LogP contribution is -2.59. The van der Waals surface area contributed by atoms with Gasteiger partial charge in [-0.2, -0.15) is 5.26 Å². The Bertz CT molecular complexity index is 1430. The second-order valence-electron chi connectivity index (χ2n) is 15.8. The summed E-state index contributed by atoms with van der Waals surface area (Å²) >= 11 is 0. The minimum absolute atomic E-state index is 0.0109. The van der Waals surface area contributed by atoms with Gasteiger partial charge in [-0.15, -0.1) is 0 Å². The normalized spacial score (nSPS) is 21.6. The number of nitrogens with zero attached hydrogens (tertiary/aromatic N) is 4. The van der Waals surface area contributed by atoms with E-state index in [1.165, 1.54) is 0 Å². The van der Waals surface area contributed by atoms with Crippen molar-refractivity contribution in [2.24, 2.45) is 17.8 Å². The topological polar surface area (TPSA) is 170 Å². The molecule has 1 aromatic carbocycles. The van der Waals surface area contributed by atoms with Crippen molar-refractivity contribution in [2.45, 2.75) is 135 Å². The van der Waals surface area contributed by atoms with Crippen molar-refractivity contribution >= 4 is 29.3 Å². The maximum Gasteiger partial charge on any atom is 0.245 e. The van der Waals surface area contributed by atoms with Gasteiger partial charge in [-0.1, -0.05) is 59.6 Å². The standard InChI is InChI=1S/C41H67N7O6/c1-10-27(4)37(47(7)41(52)36(26(2)3)45-40(51)33-17-11-12-21-46(33)6)34(53-8)25-35(49)48-22-14-18-32(48)38(54-9)28(5)39(50)44-31(19-20-42)24-29-15-13-16-30(43)23-29/h13,15-16,23,26-28,31-34,36-38H,10-12,14,17-19,21-22,24-25,43H2,1-9H3,(H,44,50)(H,45,51)/t27-,28+,31?,32-,33?,34+,36-,37-,38+/m0/s1. The fourth-order valence-electron chi connectivity index (χ4n) is 8.32. The number of nitrogens with two attached hydrogens (primary N) is 1. The Balaban J connectivity index is 1.75. The largest absolute Gasteiger partial charge is 0.399 e. The van der Waals surface area contributed by atoms with E-state index in [9.17, 15) is 24.4 Å². The molecular formula is C41H67N7O6. The molecular weight excluding hydrogens is 686 g/mol. The molecule has 13 nitrogen and oxygen atoms in total. The number of hydrogen-bond donors (Lipinski definition) is 3. The fourth-order valence-corrected chi connectivity index (χ4v) is 8.32. The van der Waals surface area contributed by atoms with Gasteiger partial charge in [0.2, 0.25) is 23.6 Å². The number of piperidine rings is 1. The highest BCUT2D eigenvalue weighted by Gasteiger charge is 2.43. The van der Waals surface area contributed by atoms with Crippen LogP contribution >= 0.6 is 0 Å². The van der Waals surface area contributed by atoms with Crippen molar-refractivity contribution < 1.29 is 28.7 Å². The predicted octanol–water partition coefficient (Wildman–Crippen LogP) is 3.76. The number of rotatable bonds is 19. The number of benzene rings is 1. The zero-order valence-electron chi connectivity index (χ0n) is 34.2. The molecule has 4 amide bonds. The lowest BCUT2D eigenvalue weighted by atomic mass is 9.89. The van der Waals surface area contributed by atoms with Crippen molar-refractivity contribution in [3.8, 4) is 6.07 Å². The van der Waals surface area contributed by atoms with Crippen molar-refractivity contribution in [3.05, 3.63) is 29.8 Å². The third kappa shape index (κ3) is 11.6. The van der Waals surface area contributed by atoms with E-state index >= 15 is 0 Å². The monoisotopic (exact) mass is 754 g/mol. The first-order valence-electron chi connectivity index (χ1n) is 19.8. The average molecular weight is 754 g/mol. The highest BCUT2D eigenvalue weighted by molar-refractivity contribution is 5.90. The molecule has 2 unspecified atom stereocenters. The van der Waals surface area contributed by atoms with E-state index < -0.39 is 36.3 Å². The minimum atomic E-state index is -0.728. The number of carbonyl (C=O) groups is 4. The van der Waals surface area contributed by atoms with Gasteiger partial charge in [-0.25, -0.2) is 0 Å². The summed E-state index contributed by atoms with van der Waals surface area (Å²) in [5, 5.41) is 15.6. The molecule has 0 radical (unpaired) electrons. The van der Waals surface area contributed by atoms with Gasteiger partial charge in [-0.3, -0.25) is 24.1 Å². The average Bonchev–Trinajstić information content (AvgIpc) is 3.63. The maximum atomic E-state index is 14.2. The molecule has 2 aliphatic heterocycles. The van der Waals surface area contributed by atoms with Crippen LogP contribution in [-0.4, -0.2) is 122 Å². The van der Waals surface area contributed by atoms with Crippen molar-refractivity contribution in [1.29, 1.82) is 5.26 Å². The number of methoxy groups -OCH3 is 2. The van der Waals surface area contributed by atoms with Gasteiger partial charge in [-0.05, 0) is 75.2 Å². The summed E-state index contributed by atoms with van der Waals surface area (Å²) in [5.74, 6) is -1.50. The SMILES string of the molecule is CC[C@H](C)[C@@H]([C@@H](CC(=O)N1CCC[C@H]1[C@H](OC)[C@@H](C)C(=O)NC(CC#N)Cc1cccc(N)c1)OC)N(C)C(=O)[C@@H](NC(=O)C1CCCCN1C)C(C)C. The van der Waals surface area contributed by atoms with Crippen molar-refractivity contribution in [3.63, 3.8) is 0 Å². The first-order valence-corrected chi connectivity index (χ1v) is 19.8. The van der Waals surface area contributed by atoms with Crippen LogP contribution in [0.1, 0.15) is 91.5 Å². The fraction of sp³-hybridized carbons (Fsp3) is 0.732. The van der Waals surface area contributed by atoms with Crippen LogP contribution in [0.4, 0.5) is 5.69 Å². The van der Waals surface area contributed by atoms with E-state index in [1.807, 2.05) is 46.0 Å². The summed E-state index contributed by atoms with van der Waals surface area (Å²) in [4.78, 5) is 61.0. The van der Waals surface area contributed by atoms with Crippen molar-refractivity contribution in [1.82, 2.24) is 25.3 Å². The summed E-state index contributed by atoms with van der Waals surface area (Å²) < 4.78 is 12.0. The molecule has 13 heteroatoms. The molecule has 4 N–H and O–H groups in total. The Kier molecular flexibility index (Phi) is 17.7. The molecule has 2 aliphatic rings. The summed E-state index contributed by atoms with van der Waals surface area (Å²) in [5.41, 5.74) is 7.49. The lowest BCUT2D eigenvalue weighted by molar-refractivity contribution is -0.148. The minimum Gasteiger partial charge on any atom is -0.399 e. The van der Waals surface area contributed by atoms with Gasteiger partial charge in [0.25, 0.3) is 0 Å². The molecule has 2 fully saturated rings. The third-order valence-electron chi connectivity index (χ3n) is 11.7. The zero-order valence-corrected chi connectivity index (χ0v) is 34.2. The molecule has 2 heterocycles. The van der Waals surface area contributed by atoms with E-state index in [1.54, 1.807) is 44.1 Å². The van der Waals surface area contributed by atoms with Gasteiger partial charge in [0, 0.05) is 39.5 Å². The van der Waals surface area contributed by atoms with E-state index in [0.717, 1.165) is 44.2 Å². The number of carbonyl (C=O) groups excluding carboxylic acids is 4. The molecule has 3 rings (SSSR count). The summed E-state index contributed by atoms with van der Waals surface area (Å²) in [6.45, 7) is 11.1. The van der Waals surface area contributed by atoms with Crippen LogP contribution in [0, 0.1) is 29.1 Å². The number of hydrogen-bond acceptors (Lipinski definition) is 9. The Morgan fingerprint density at radius 3 is 2.35 bits per heavy atom. The summed E-state index contributed by atoms with van der Waals surface area (Å²) in [6.07, 6.45) is 4.39. The molecule has 2 saturated heterocycles. The number of nitrogens with one attached hydrogen (secondary N) is 2. The van der Waals surface area contributed by atoms with Crippen LogP contribution in [0.2, 0.25) is 0 Å². The second-order valence-corrected chi connectivity index (χ2v) is 15.8. The molecule has 0 bridgehead atoms. The van der Waals surface area contributed by atoms with Crippen molar-refractivity contribution in [2.75, 3.05) is 47.1 Å². The second kappa shape index (κ2) is 21.4. The van der Waals surface area contributed by atoms with Gasteiger partial charge < -0.3 is 35.6 Å². The number of likely N-dealkylation sites (N-methyl/N-ethyl adjacent to an activating group) is 2. The molecule has 0 aliphatic carbocycles. The number of anilines is 1. The Labute approximate surface area is 323 Å². The predicted molar refractivity (Wildman–Crippen MR) is 210 cm³/mol. The van der Waals surface area contributed by atoms with Crippen LogP contribution < -0.4 is 16.4 Å². The molecule has 0 aromatic heterocycles. The van der Waals surface area contributed by atoms with Crippen LogP contribution in [0.15, 0.2) is 24.3 Å². The van der Waals surface area contributed by atoms with Gasteiger partial charge >= 0.3 is 0 Å². The molecule has 1 aromatic rings. The molecule has 302 valence electrons. The number of nitriles is 1. The smallest absolute Gasteiger partial charge is 0.245 e. The van der Waals surface area contributed by atoms with Gasteiger partial charge in [0.05, 0.1) is 55.2 Å². The Hall–Kier alpha value is -3.73. The number of ether oxygens (including phenoxy) is 2. The lowest BCUT2D eigenvalue weighted by Gasteiger charge is -2.41. The number of amides is 4. The summed E-state index contributed by atoms with van der Waals surface area (Å²) in [7, 11) is 6.82. The molecule has 0 spiro atoms. The van der Waals surface area contributed by atoms with Crippen LogP contribution in [0.3, 0.4) is 0 Å². The molecule has 9 atom stereocenters. The first kappa shape index (κ1) is 44.7. The maximum absolute atomic E-state index is 14.2. The highest BCUT2D eigenvalue weighted by Crippen LogP contribution is 2.30. The van der Waals surface area contributed by atoms with Crippen LogP contribution in [0.5, 0.6) is 0 Å². The van der Waals surface area contributed by atoms with Gasteiger partial charge in [0.1, 0.15) is 6.04 Å². The highest BCUT2D eigenvalue weighted by atomic mass is 16.5. The Morgan fingerprint density at radius 1 is 1.04 bits per heavy atom. The van der Waals surface area contributed by atoms with Crippen LogP contribution in [0.25, 0.3) is 0 Å². The first-order chi connectivity index (χ1) is 25.7. The Morgan fingerprint density at radius 2 is 1.76 bits per heavy atom. The van der Waals surface area contributed by atoms with Crippen LogP contribution in [-0.2, 0) is 35.1 Å². The van der Waals surface area contributed by atoms with E-state index in [0.29, 0.717) is 25.1 Å².